The third-order valence-corrected chi connectivity index (χ3v) is 6.28. The van der Waals surface area contributed by atoms with Gasteiger partial charge in [-0.3, -0.25) is 4.79 Å². The molecule has 1 aliphatic rings. The number of amides is 1. The second-order valence-electron chi connectivity index (χ2n) is 6.21. The zero-order valence-corrected chi connectivity index (χ0v) is 14.3. The van der Waals surface area contributed by atoms with E-state index in [1.54, 1.807) is 35.1 Å². The van der Waals surface area contributed by atoms with Gasteiger partial charge in [-0.2, -0.15) is 5.10 Å². The summed E-state index contributed by atoms with van der Waals surface area (Å²) in [6, 6.07) is 5.19. The standard InChI is InChI=1S/C15H20N4O4S/c1-17(2)24(22,23)10-12-8-18(9-14(12)20)15(21)11-4-6-19-13(7-11)3-5-16-19/h3-7,12,14,20H,8-10H2,1-2H3/t12-,14+/m0/s1. The number of nitrogens with zero attached hydrogens (tertiary/aromatic N) is 4. The first kappa shape index (κ1) is 16.9. The Morgan fingerprint density at radius 3 is 2.83 bits per heavy atom. The van der Waals surface area contributed by atoms with Crippen LogP contribution in [0.5, 0.6) is 0 Å². The number of likely N-dealkylation sites (tertiary alicyclic amines) is 1. The lowest BCUT2D eigenvalue weighted by molar-refractivity contribution is 0.0764. The minimum atomic E-state index is -3.43. The first-order valence-corrected chi connectivity index (χ1v) is 9.20. The number of fused-ring (bicyclic) bond motifs is 1. The lowest BCUT2D eigenvalue weighted by Crippen LogP contribution is -2.33. The van der Waals surface area contributed by atoms with E-state index >= 15 is 0 Å². The van der Waals surface area contributed by atoms with Crippen LogP contribution < -0.4 is 0 Å². The summed E-state index contributed by atoms with van der Waals surface area (Å²) in [5.41, 5.74) is 1.29. The monoisotopic (exact) mass is 352 g/mol. The van der Waals surface area contributed by atoms with Gasteiger partial charge in [-0.15, -0.1) is 0 Å². The molecule has 0 unspecified atom stereocenters. The van der Waals surface area contributed by atoms with Crippen molar-refractivity contribution in [3.63, 3.8) is 0 Å². The molecule has 0 spiro atoms. The van der Waals surface area contributed by atoms with Crippen molar-refractivity contribution in [1.82, 2.24) is 18.8 Å². The van der Waals surface area contributed by atoms with E-state index in [9.17, 15) is 18.3 Å². The number of sulfonamides is 1. The Kier molecular flexibility index (Phi) is 4.33. The van der Waals surface area contributed by atoms with Crippen molar-refractivity contribution >= 4 is 21.4 Å². The van der Waals surface area contributed by atoms with E-state index < -0.39 is 22.0 Å². The summed E-state index contributed by atoms with van der Waals surface area (Å²) in [4.78, 5) is 14.1. The van der Waals surface area contributed by atoms with Crippen LogP contribution in [0.2, 0.25) is 0 Å². The van der Waals surface area contributed by atoms with Gasteiger partial charge in [0.05, 0.1) is 17.4 Å². The number of β-amino-alcohol motifs (C(OH)–C–C–N with tert-alkyl or cyclic N) is 1. The van der Waals surface area contributed by atoms with Crippen molar-refractivity contribution in [1.29, 1.82) is 0 Å². The van der Waals surface area contributed by atoms with Crippen LogP contribution in [0.15, 0.2) is 30.6 Å². The molecule has 8 nitrogen and oxygen atoms in total. The summed E-state index contributed by atoms with van der Waals surface area (Å²) in [5, 5.41) is 14.2. The van der Waals surface area contributed by atoms with Crippen molar-refractivity contribution in [2.24, 2.45) is 5.92 Å². The third-order valence-electron chi connectivity index (χ3n) is 4.32. The summed E-state index contributed by atoms with van der Waals surface area (Å²) >= 11 is 0. The lowest BCUT2D eigenvalue weighted by atomic mass is 10.1. The topological polar surface area (TPSA) is 95.2 Å². The summed E-state index contributed by atoms with van der Waals surface area (Å²) < 4.78 is 26.8. The molecule has 2 atom stereocenters. The van der Waals surface area contributed by atoms with Crippen molar-refractivity contribution in [3.05, 3.63) is 36.2 Å². The Labute approximate surface area is 140 Å². The van der Waals surface area contributed by atoms with Crippen LogP contribution in [0, 0.1) is 5.92 Å². The highest BCUT2D eigenvalue weighted by Gasteiger charge is 2.37. The third kappa shape index (κ3) is 3.14. The second-order valence-corrected chi connectivity index (χ2v) is 8.44. The fourth-order valence-corrected chi connectivity index (χ4v) is 4.01. The van der Waals surface area contributed by atoms with Gasteiger partial charge in [0, 0.05) is 51.1 Å². The molecular weight excluding hydrogens is 332 g/mol. The summed E-state index contributed by atoms with van der Waals surface area (Å²) in [6.45, 7) is 0.356. The number of rotatable bonds is 4. The van der Waals surface area contributed by atoms with E-state index in [2.05, 4.69) is 5.10 Å². The first-order chi connectivity index (χ1) is 11.3. The van der Waals surface area contributed by atoms with Gasteiger partial charge in [0.2, 0.25) is 10.0 Å². The highest BCUT2D eigenvalue weighted by molar-refractivity contribution is 7.89. The zero-order valence-electron chi connectivity index (χ0n) is 13.5. The number of aromatic nitrogens is 2. The maximum Gasteiger partial charge on any atom is 0.254 e. The Bertz CT molecular complexity index is 861. The molecule has 1 amide bonds. The second kappa shape index (κ2) is 6.15. The fourth-order valence-electron chi connectivity index (χ4n) is 2.84. The minimum absolute atomic E-state index is 0.136. The molecular formula is C15H20N4O4S. The normalized spacial score (nSPS) is 21.8. The van der Waals surface area contributed by atoms with Gasteiger partial charge in [0.1, 0.15) is 0 Å². The molecule has 3 heterocycles. The molecule has 0 aromatic carbocycles. The van der Waals surface area contributed by atoms with Crippen molar-refractivity contribution < 1.29 is 18.3 Å². The van der Waals surface area contributed by atoms with E-state index in [-0.39, 0.29) is 24.7 Å². The largest absolute Gasteiger partial charge is 0.391 e. The molecule has 2 aromatic rings. The smallest absolute Gasteiger partial charge is 0.254 e. The molecule has 0 saturated carbocycles. The Balaban J connectivity index is 1.75. The number of aliphatic hydroxyl groups excluding tert-OH is 1. The average molecular weight is 352 g/mol. The van der Waals surface area contributed by atoms with E-state index in [0.29, 0.717) is 5.56 Å². The van der Waals surface area contributed by atoms with E-state index in [4.69, 9.17) is 0 Å². The quantitative estimate of drug-likeness (QED) is 0.812. The van der Waals surface area contributed by atoms with Gasteiger partial charge in [-0.25, -0.2) is 17.2 Å². The van der Waals surface area contributed by atoms with Crippen LogP contribution in [0.3, 0.4) is 0 Å². The molecule has 1 fully saturated rings. The van der Waals surface area contributed by atoms with E-state index in [1.165, 1.54) is 19.0 Å². The molecule has 0 bridgehead atoms. The van der Waals surface area contributed by atoms with Crippen LogP contribution in [0.25, 0.3) is 5.52 Å². The molecule has 0 radical (unpaired) electrons. The first-order valence-electron chi connectivity index (χ1n) is 7.59. The number of aliphatic hydroxyl groups is 1. The summed E-state index contributed by atoms with van der Waals surface area (Å²) in [7, 11) is -0.508. The maximum absolute atomic E-state index is 12.6. The number of pyridine rings is 1. The highest BCUT2D eigenvalue weighted by atomic mass is 32.2. The van der Waals surface area contributed by atoms with Crippen LogP contribution >= 0.6 is 0 Å². The van der Waals surface area contributed by atoms with Crippen molar-refractivity contribution in [2.75, 3.05) is 32.9 Å². The zero-order chi connectivity index (χ0) is 17.5. The van der Waals surface area contributed by atoms with Gasteiger partial charge in [0.15, 0.2) is 0 Å². The van der Waals surface area contributed by atoms with Crippen LogP contribution in [-0.4, -0.2) is 77.3 Å². The van der Waals surface area contributed by atoms with Gasteiger partial charge in [0.25, 0.3) is 5.91 Å². The predicted molar refractivity (Wildman–Crippen MR) is 88.1 cm³/mol. The molecule has 2 aromatic heterocycles. The number of hydrogen-bond donors (Lipinski definition) is 1. The minimum Gasteiger partial charge on any atom is -0.391 e. The number of carbonyl (C=O) groups is 1. The number of hydrogen-bond acceptors (Lipinski definition) is 5. The van der Waals surface area contributed by atoms with E-state index in [0.717, 1.165) is 9.82 Å². The SMILES string of the molecule is CN(C)S(=O)(=O)C[C@@H]1CN(C(=O)c2ccn3nccc3c2)C[C@H]1O. The van der Waals surface area contributed by atoms with Crippen LogP contribution in [0.4, 0.5) is 0 Å². The maximum atomic E-state index is 12.6. The summed E-state index contributed by atoms with van der Waals surface area (Å²) in [5.74, 6) is -0.880. The van der Waals surface area contributed by atoms with Crippen molar-refractivity contribution in [2.45, 2.75) is 6.10 Å². The van der Waals surface area contributed by atoms with Gasteiger partial charge in [-0.05, 0) is 18.2 Å². The Morgan fingerprint density at radius 2 is 2.12 bits per heavy atom. The Hall–Kier alpha value is -1.97. The predicted octanol–water partition coefficient (Wildman–Crippen LogP) is -0.341. The molecule has 130 valence electrons. The van der Waals surface area contributed by atoms with Crippen molar-refractivity contribution in [3.8, 4) is 0 Å². The molecule has 0 aliphatic carbocycles. The molecule has 1 saturated heterocycles. The van der Waals surface area contributed by atoms with Crippen LogP contribution in [-0.2, 0) is 10.0 Å². The molecule has 9 heteroatoms. The Morgan fingerprint density at radius 1 is 1.38 bits per heavy atom. The molecule has 1 aliphatic heterocycles. The average Bonchev–Trinajstić information content (AvgIpc) is 3.12. The lowest BCUT2D eigenvalue weighted by Gasteiger charge is -2.18. The van der Waals surface area contributed by atoms with E-state index in [1.807, 2.05) is 0 Å². The van der Waals surface area contributed by atoms with Crippen LogP contribution in [0.1, 0.15) is 10.4 Å². The number of carbonyl (C=O) groups excluding carboxylic acids is 1. The summed E-state index contributed by atoms with van der Waals surface area (Å²) in [6.07, 6.45) is 2.50. The fraction of sp³-hybridized carbons (Fsp3) is 0.467. The molecule has 24 heavy (non-hydrogen) atoms. The van der Waals surface area contributed by atoms with Gasteiger partial charge < -0.3 is 10.0 Å². The molecule has 1 N–H and O–H groups in total. The molecule has 3 rings (SSSR count). The van der Waals surface area contributed by atoms with Gasteiger partial charge in [-0.1, -0.05) is 0 Å². The van der Waals surface area contributed by atoms with Gasteiger partial charge >= 0.3 is 0 Å². The highest BCUT2D eigenvalue weighted by Crippen LogP contribution is 2.22.